The molecule has 0 unspecified atom stereocenters. The number of hydrogen-bond donors (Lipinski definition) is 2. The predicted molar refractivity (Wildman–Crippen MR) is 11.9 cm³/mol. The summed E-state index contributed by atoms with van der Waals surface area (Å²) in [5, 5.41) is 6.34. The molecule has 4 heavy (non-hydrogen) atoms. The van der Waals surface area contributed by atoms with E-state index in [1.165, 1.54) is 0 Å². The van der Waals surface area contributed by atoms with Crippen molar-refractivity contribution in [2.75, 3.05) is 0 Å². The average molecular weight is 132 g/mol. The number of rotatable bonds is 0. The Morgan fingerprint density at radius 2 is 2.00 bits per heavy atom. The molecule has 0 aliphatic rings. The van der Waals surface area contributed by atoms with Gasteiger partial charge in [-0.25, -0.2) is 0 Å². The first-order valence-electron chi connectivity index (χ1n) is 0.827. The summed E-state index contributed by atoms with van der Waals surface area (Å²) in [7, 11) is 0. The predicted octanol–water partition coefficient (Wildman–Crippen LogP) is -0.573. The van der Waals surface area contributed by atoms with Gasteiger partial charge < -0.3 is 0 Å². The summed E-state index contributed by atoms with van der Waals surface area (Å²) >= 11 is 0.762. The van der Waals surface area contributed by atoms with Crippen LogP contribution in [0.4, 0.5) is 0 Å². The van der Waals surface area contributed by atoms with Gasteiger partial charge in [-0.15, -0.1) is 0 Å². The van der Waals surface area contributed by atoms with Crippen molar-refractivity contribution in [3.8, 4) is 0 Å². The molecule has 0 heterocycles. The van der Waals surface area contributed by atoms with Crippen molar-refractivity contribution in [3.05, 3.63) is 0 Å². The molecule has 0 aliphatic heterocycles. The molecule has 0 aromatic carbocycles. The summed E-state index contributed by atoms with van der Waals surface area (Å²) in [6, 6.07) is 0. The van der Waals surface area contributed by atoms with E-state index in [0.717, 1.165) is 31.0 Å². The van der Waals surface area contributed by atoms with Crippen LogP contribution in [0.3, 0.4) is 0 Å². The average Bonchev–Trinajstić information content (AvgIpc) is 0.811. The molecule has 0 rings (SSSR count). The zero-order chi connectivity index (χ0) is 3.58. The summed E-state index contributed by atoms with van der Waals surface area (Å²) in [6.45, 7) is 0. The Hall–Kier alpha value is 0.574. The van der Waals surface area contributed by atoms with Gasteiger partial charge in [0.05, 0.1) is 0 Å². The Morgan fingerprint density at radius 3 is 2.00 bits per heavy atom. The van der Waals surface area contributed by atoms with Crippen LogP contribution in [0, 0.1) is 5.41 Å². The van der Waals surface area contributed by atoms with Crippen LogP contribution in [-0.2, 0) is 31.0 Å². The quantitative estimate of drug-likeness (QED) is 0.336. The van der Waals surface area contributed by atoms with E-state index in [9.17, 15) is 0 Å². The molecule has 0 amide bonds. The first-order chi connectivity index (χ1) is 1.73. The third kappa shape index (κ3) is 19.4. The minimum atomic E-state index is 0.297. The second-order valence-electron chi connectivity index (χ2n) is 0.455. The number of amidine groups is 1. The Morgan fingerprint density at radius 1 is 2.00 bits per heavy atom. The Bertz CT molecular complexity index is 29.0. The van der Waals surface area contributed by atoms with Gasteiger partial charge in [-0.1, -0.05) is 0 Å². The summed E-state index contributed by atoms with van der Waals surface area (Å²) in [5.41, 5.74) is 4.75. The summed E-state index contributed by atoms with van der Waals surface area (Å²) < 4.78 is 0.297. The first kappa shape index (κ1) is 4.57. The van der Waals surface area contributed by atoms with E-state index in [4.69, 9.17) is 11.1 Å². The maximum atomic E-state index is 6.34. The van der Waals surface area contributed by atoms with Crippen LogP contribution in [0.2, 0.25) is 0 Å². The zero-order valence-corrected chi connectivity index (χ0v) is 4.99. The number of nitrogens with one attached hydrogen (secondary N) is 1. The molecule has 20 valence electrons. The fraction of sp³-hybridized carbons (Fsp3) is 0. The molecule has 0 aromatic rings. The van der Waals surface area contributed by atoms with Crippen molar-refractivity contribution in [1.29, 1.82) is 5.41 Å². The third-order valence-electron chi connectivity index (χ3n) is 0. The van der Waals surface area contributed by atoms with Crippen molar-refractivity contribution >= 4 is 2.65 Å². The number of hydrogen-bond acceptors (Lipinski definition) is 1. The Labute approximate surface area is 44.7 Å². The Balaban J connectivity index is 2.80. The molecule has 0 spiro atoms. The summed E-state index contributed by atoms with van der Waals surface area (Å²) in [4.78, 5) is 0. The summed E-state index contributed by atoms with van der Waals surface area (Å²) in [6.07, 6.45) is 0. The molecular weight excluding hydrogens is 129 g/mol. The molecular formula is CH3N2Y. The van der Waals surface area contributed by atoms with Gasteiger partial charge in [-0.2, -0.15) is 0 Å². The van der Waals surface area contributed by atoms with E-state index in [2.05, 4.69) is 0 Å². The van der Waals surface area contributed by atoms with Gasteiger partial charge in [-0.05, 0) is 0 Å². The van der Waals surface area contributed by atoms with E-state index < -0.39 is 0 Å². The molecule has 0 fully saturated rings. The fourth-order valence-electron chi connectivity index (χ4n) is 0. The van der Waals surface area contributed by atoms with Crippen LogP contribution in [-0.4, -0.2) is 2.65 Å². The van der Waals surface area contributed by atoms with Gasteiger partial charge in [0.25, 0.3) is 0 Å². The van der Waals surface area contributed by atoms with Crippen LogP contribution >= 0.6 is 0 Å². The van der Waals surface area contributed by atoms with Crippen molar-refractivity contribution in [2.45, 2.75) is 0 Å². The maximum absolute atomic E-state index is 6.34. The van der Waals surface area contributed by atoms with E-state index >= 15 is 0 Å². The third-order valence-corrected chi connectivity index (χ3v) is 0. The van der Waals surface area contributed by atoms with Crippen LogP contribution in [0.5, 0.6) is 0 Å². The Kier molecular flexibility index (Phi) is 2.12. The van der Waals surface area contributed by atoms with Crippen molar-refractivity contribution in [3.63, 3.8) is 0 Å². The normalized spacial score (nSPS) is 5.75. The SMILES string of the molecule is N=[C](N)[Y]. The molecule has 2 nitrogen and oxygen atoms in total. The van der Waals surface area contributed by atoms with Gasteiger partial charge in [0.1, 0.15) is 0 Å². The molecule has 0 atom stereocenters. The van der Waals surface area contributed by atoms with Crippen molar-refractivity contribution in [2.24, 2.45) is 5.73 Å². The van der Waals surface area contributed by atoms with Gasteiger partial charge in [0.15, 0.2) is 0 Å². The minimum absolute atomic E-state index is 0.297. The molecule has 3 N–H and O–H groups in total. The van der Waals surface area contributed by atoms with Crippen LogP contribution < -0.4 is 5.73 Å². The first-order valence-corrected chi connectivity index (χ1v) is 2.25. The van der Waals surface area contributed by atoms with Gasteiger partial charge >= 0.3 is 44.7 Å². The van der Waals surface area contributed by atoms with Gasteiger partial charge in [0, 0.05) is 0 Å². The molecule has 0 aromatic heterocycles. The van der Waals surface area contributed by atoms with E-state index in [-0.39, 0.29) is 0 Å². The van der Waals surface area contributed by atoms with E-state index in [1.807, 2.05) is 0 Å². The molecule has 0 saturated carbocycles. The van der Waals surface area contributed by atoms with Crippen LogP contribution in [0.25, 0.3) is 0 Å². The molecule has 0 aliphatic carbocycles. The zero-order valence-electron chi connectivity index (χ0n) is 2.15. The molecule has 0 radical (unpaired) electrons. The topological polar surface area (TPSA) is 49.9 Å². The van der Waals surface area contributed by atoms with Crippen LogP contribution in [0.15, 0.2) is 0 Å². The van der Waals surface area contributed by atoms with Crippen molar-refractivity contribution in [1.82, 2.24) is 0 Å². The van der Waals surface area contributed by atoms with E-state index in [0.29, 0.717) is 2.65 Å². The second kappa shape index (κ2) is 1.85. The van der Waals surface area contributed by atoms with Gasteiger partial charge in [-0.3, -0.25) is 0 Å². The molecule has 0 saturated heterocycles. The van der Waals surface area contributed by atoms with Gasteiger partial charge in [0.2, 0.25) is 0 Å². The fourth-order valence-corrected chi connectivity index (χ4v) is 0. The van der Waals surface area contributed by atoms with Crippen LogP contribution in [0.1, 0.15) is 0 Å². The molecule has 3 heteroatoms. The standard InChI is InChI=1S/CH3N2.Y/c2-1-3;/h(H3,2,3);. The van der Waals surface area contributed by atoms with Crippen molar-refractivity contribution < 1.29 is 31.0 Å². The van der Waals surface area contributed by atoms with E-state index in [1.54, 1.807) is 0 Å². The second-order valence-corrected chi connectivity index (χ2v) is 1.98. The molecule has 0 bridgehead atoms. The monoisotopic (exact) mass is 132 g/mol. The number of nitrogens with two attached hydrogens (primary N) is 1. The summed E-state index contributed by atoms with van der Waals surface area (Å²) in [5.74, 6) is 0.